The summed E-state index contributed by atoms with van der Waals surface area (Å²) >= 11 is 0.0888. The van der Waals surface area contributed by atoms with Gasteiger partial charge in [-0.15, -0.1) is 0 Å². The zero-order valence-electron chi connectivity index (χ0n) is 28.6. The first-order chi connectivity index (χ1) is 23.7. The Hall–Kier alpha value is -4.54. The molecule has 4 aliphatic heterocycles. The predicted molar refractivity (Wildman–Crippen MR) is 215 cm³/mol. The summed E-state index contributed by atoms with van der Waals surface area (Å²) in [5, 5.41) is 3.07. The average molecular weight is 712 g/mol. The Morgan fingerprint density at radius 1 is 0.592 bits per heavy atom. The van der Waals surface area contributed by atoms with Crippen molar-refractivity contribution in [2.24, 2.45) is 0 Å². The number of benzene rings is 6. The molecule has 0 unspecified atom stereocenters. The van der Waals surface area contributed by atoms with Crippen molar-refractivity contribution in [3.05, 3.63) is 150 Å². The zero-order valence-corrected chi connectivity index (χ0v) is 31.3. The molecular formula is C44H37BN2SeSi. The quantitative estimate of drug-likeness (QED) is 0.161. The van der Waals surface area contributed by atoms with E-state index < -0.39 is 8.07 Å². The Morgan fingerprint density at radius 3 is 1.98 bits per heavy atom. The molecule has 0 bridgehead atoms. The molecule has 2 nitrogen and oxygen atoms in total. The van der Waals surface area contributed by atoms with Gasteiger partial charge in [0, 0.05) is 0 Å². The molecule has 10 rings (SSSR count). The summed E-state index contributed by atoms with van der Waals surface area (Å²) in [5.41, 5.74) is 16.5. The van der Waals surface area contributed by atoms with E-state index in [4.69, 9.17) is 0 Å². The van der Waals surface area contributed by atoms with E-state index >= 15 is 0 Å². The monoisotopic (exact) mass is 712 g/mol. The molecule has 0 saturated heterocycles. The van der Waals surface area contributed by atoms with Crippen molar-refractivity contribution in [1.82, 2.24) is 0 Å². The maximum atomic E-state index is 2.68. The Morgan fingerprint density at radius 2 is 1.22 bits per heavy atom. The fourth-order valence-corrected chi connectivity index (χ4v) is 14.7. The summed E-state index contributed by atoms with van der Waals surface area (Å²) in [6.07, 6.45) is 0. The van der Waals surface area contributed by atoms with Crippen LogP contribution in [-0.2, 0) is 5.41 Å². The third kappa shape index (κ3) is 4.01. The van der Waals surface area contributed by atoms with E-state index in [2.05, 4.69) is 177 Å². The van der Waals surface area contributed by atoms with Crippen molar-refractivity contribution in [3.63, 3.8) is 0 Å². The fourth-order valence-electron chi connectivity index (χ4n) is 8.84. The van der Waals surface area contributed by atoms with Crippen molar-refractivity contribution in [2.45, 2.75) is 39.3 Å². The van der Waals surface area contributed by atoms with Crippen LogP contribution in [0, 0.1) is 0 Å². The number of anilines is 6. The molecule has 0 N–H and O–H groups in total. The molecule has 49 heavy (non-hydrogen) atoms. The van der Waals surface area contributed by atoms with Crippen LogP contribution >= 0.6 is 0 Å². The number of para-hydroxylation sites is 5. The van der Waals surface area contributed by atoms with Crippen LogP contribution in [0.5, 0.6) is 0 Å². The molecule has 0 amide bonds. The van der Waals surface area contributed by atoms with Crippen LogP contribution in [0.4, 0.5) is 34.1 Å². The first-order valence-electron chi connectivity index (χ1n) is 17.4. The second-order valence-corrected chi connectivity index (χ2v) is 21.9. The number of nitrogens with zero attached hydrogens (tertiary/aromatic N) is 2. The summed E-state index contributed by atoms with van der Waals surface area (Å²) in [6.45, 7) is 12.4. The second-order valence-electron chi connectivity index (χ2n) is 15.4. The molecule has 0 aromatic heterocycles. The van der Waals surface area contributed by atoms with Crippen molar-refractivity contribution in [1.29, 1.82) is 0 Å². The maximum absolute atomic E-state index is 2.68. The molecule has 0 aliphatic carbocycles. The van der Waals surface area contributed by atoms with Gasteiger partial charge in [0.1, 0.15) is 0 Å². The summed E-state index contributed by atoms with van der Waals surface area (Å²) in [7, 11) is -2.00. The Labute approximate surface area is 297 Å². The molecule has 6 aromatic rings. The SMILES string of the molecule is CC(C)(C)c1cc2c3c(c1)N1c4ccccc4[Si](C)(C)c4cccc(c41)B3C1=C([Se]2)c2ccccc2N(c2ccccc2)c2ccccc21. The molecule has 6 aromatic carbocycles. The summed E-state index contributed by atoms with van der Waals surface area (Å²) in [6, 6.07) is 51.0. The van der Waals surface area contributed by atoms with Gasteiger partial charge in [0.2, 0.25) is 0 Å². The molecular weight excluding hydrogens is 674 g/mol. The topological polar surface area (TPSA) is 6.48 Å². The van der Waals surface area contributed by atoms with Crippen molar-refractivity contribution >= 4 is 99.6 Å². The van der Waals surface area contributed by atoms with E-state index in [1.54, 1.807) is 5.19 Å². The number of hydrogen-bond donors (Lipinski definition) is 0. The minimum atomic E-state index is -2.00. The van der Waals surface area contributed by atoms with Crippen LogP contribution in [-0.4, -0.2) is 29.7 Å². The van der Waals surface area contributed by atoms with E-state index in [-0.39, 0.29) is 27.1 Å². The number of hydrogen-bond acceptors (Lipinski definition) is 2. The van der Waals surface area contributed by atoms with E-state index in [1.165, 1.54) is 81.3 Å². The second kappa shape index (κ2) is 10.2. The molecule has 0 radical (unpaired) electrons. The molecule has 4 aliphatic rings. The first-order valence-corrected chi connectivity index (χ1v) is 22.1. The minimum absolute atomic E-state index is 0.0208. The molecule has 0 fully saturated rings. The van der Waals surface area contributed by atoms with Crippen LogP contribution in [0.1, 0.15) is 37.5 Å². The molecule has 5 heteroatoms. The van der Waals surface area contributed by atoms with Crippen molar-refractivity contribution in [3.8, 4) is 0 Å². The van der Waals surface area contributed by atoms with E-state index in [9.17, 15) is 0 Å². The Kier molecular flexibility index (Phi) is 6.14. The molecule has 0 saturated carbocycles. The summed E-state index contributed by atoms with van der Waals surface area (Å²) in [5.74, 6) is 0. The Bertz CT molecular complexity index is 2410. The van der Waals surface area contributed by atoms with Gasteiger partial charge in [0.15, 0.2) is 0 Å². The summed E-state index contributed by atoms with van der Waals surface area (Å²) in [4.78, 5) is 5.18. The van der Waals surface area contributed by atoms with Gasteiger partial charge >= 0.3 is 299 Å². The third-order valence-corrected chi connectivity index (χ3v) is 17.2. The van der Waals surface area contributed by atoms with Gasteiger partial charge in [-0.25, -0.2) is 0 Å². The van der Waals surface area contributed by atoms with Crippen LogP contribution in [0.2, 0.25) is 13.1 Å². The molecule has 236 valence electrons. The third-order valence-electron chi connectivity index (χ3n) is 11.2. The van der Waals surface area contributed by atoms with Gasteiger partial charge in [-0.2, -0.15) is 0 Å². The predicted octanol–water partition coefficient (Wildman–Crippen LogP) is 7.75. The first kappa shape index (κ1) is 29.4. The van der Waals surface area contributed by atoms with E-state index in [0.717, 1.165) is 0 Å². The average Bonchev–Trinajstić information content (AvgIpc) is 3.23. The van der Waals surface area contributed by atoms with Gasteiger partial charge in [0.25, 0.3) is 0 Å². The van der Waals surface area contributed by atoms with Gasteiger partial charge in [0.05, 0.1) is 0 Å². The summed E-state index contributed by atoms with van der Waals surface area (Å²) < 4.78 is 3.04. The number of fused-ring (bicyclic) bond motifs is 9. The van der Waals surface area contributed by atoms with Crippen LogP contribution in [0.25, 0.3) is 9.94 Å². The van der Waals surface area contributed by atoms with E-state index in [1.807, 2.05) is 0 Å². The van der Waals surface area contributed by atoms with Crippen molar-refractivity contribution < 1.29 is 0 Å². The Balaban J connectivity index is 1.35. The van der Waals surface area contributed by atoms with Crippen molar-refractivity contribution in [2.75, 3.05) is 9.80 Å². The van der Waals surface area contributed by atoms with Crippen LogP contribution in [0.15, 0.2) is 133 Å². The van der Waals surface area contributed by atoms with Gasteiger partial charge in [-0.1, -0.05) is 0 Å². The number of rotatable bonds is 1. The zero-order chi connectivity index (χ0) is 33.2. The molecule has 0 spiro atoms. The molecule has 0 atom stereocenters. The van der Waals surface area contributed by atoms with Crippen LogP contribution in [0.3, 0.4) is 0 Å². The molecule has 4 heterocycles. The van der Waals surface area contributed by atoms with Crippen LogP contribution < -0.4 is 35.6 Å². The standard InChI is InChI=1S/C44H37BN2SeSi/c1-44(2,3)28-26-36-41-37(27-28)48-43-31-19-10-12-22-34(31)46(29-16-7-6-8-17-29)33-21-11-9-18-30(33)40(43)45(41)32-20-15-25-39-42(32)47(36)35-23-13-14-24-38(35)49(39,4)5/h6-27H,1-5H3. The van der Waals surface area contributed by atoms with Gasteiger partial charge < -0.3 is 0 Å². The van der Waals surface area contributed by atoms with Gasteiger partial charge in [-0.3, -0.25) is 0 Å². The van der Waals surface area contributed by atoms with Gasteiger partial charge in [-0.05, 0) is 0 Å². The normalized spacial score (nSPS) is 16.1. The van der Waals surface area contributed by atoms with E-state index in [0.29, 0.717) is 0 Å². The fraction of sp³-hybridized carbons (Fsp3) is 0.136.